The molecule has 0 saturated carbocycles. The predicted octanol–water partition coefficient (Wildman–Crippen LogP) is 1.58. The molecule has 7 nitrogen and oxygen atoms in total. The number of hydrogen-bond acceptors (Lipinski definition) is 5. The molecule has 0 unspecified atom stereocenters. The molecule has 0 radical (unpaired) electrons. The van der Waals surface area contributed by atoms with Crippen LogP contribution in [0.5, 0.6) is 0 Å². The molecule has 7 heteroatoms. The minimum absolute atomic E-state index is 0.705. The molecule has 0 aliphatic rings. The van der Waals surface area contributed by atoms with Crippen LogP contribution < -0.4 is 0 Å². The van der Waals surface area contributed by atoms with Crippen LogP contribution in [0.4, 0.5) is 0 Å². The van der Waals surface area contributed by atoms with Crippen LogP contribution in [0.15, 0.2) is 49.1 Å². The van der Waals surface area contributed by atoms with Crippen molar-refractivity contribution in [2.24, 2.45) is 0 Å². The van der Waals surface area contributed by atoms with E-state index in [1.165, 1.54) is 11.0 Å². The van der Waals surface area contributed by atoms with Gasteiger partial charge in [-0.3, -0.25) is 10.1 Å². The van der Waals surface area contributed by atoms with Crippen molar-refractivity contribution in [1.29, 1.82) is 0 Å². The minimum Gasteiger partial charge on any atom is -0.276 e. The molecular formula is C13H9N7. The van der Waals surface area contributed by atoms with Crippen molar-refractivity contribution < 1.29 is 0 Å². The van der Waals surface area contributed by atoms with Crippen LogP contribution in [0, 0.1) is 0 Å². The number of fused-ring (bicyclic) bond motifs is 1. The fraction of sp³-hybridized carbons (Fsp3) is 0. The quantitative estimate of drug-likeness (QED) is 0.593. The average molecular weight is 263 g/mol. The zero-order valence-corrected chi connectivity index (χ0v) is 10.3. The predicted molar refractivity (Wildman–Crippen MR) is 71.6 cm³/mol. The molecule has 1 N–H and O–H groups in total. The molecule has 0 aliphatic heterocycles. The summed E-state index contributed by atoms with van der Waals surface area (Å²) in [7, 11) is 0. The van der Waals surface area contributed by atoms with E-state index in [0.29, 0.717) is 5.65 Å². The lowest BCUT2D eigenvalue weighted by Gasteiger charge is -2.02. The average Bonchev–Trinajstić information content (AvgIpc) is 3.16. The lowest BCUT2D eigenvalue weighted by molar-refractivity contribution is 0.804. The van der Waals surface area contributed by atoms with Crippen molar-refractivity contribution in [3.8, 4) is 22.6 Å². The van der Waals surface area contributed by atoms with E-state index in [2.05, 4.69) is 30.4 Å². The highest BCUT2D eigenvalue weighted by atomic mass is 15.4. The molecule has 0 aliphatic carbocycles. The molecule has 0 atom stereocenters. The third-order valence-electron chi connectivity index (χ3n) is 2.98. The lowest BCUT2D eigenvalue weighted by atomic mass is 10.1. The molecule has 0 amide bonds. The van der Waals surface area contributed by atoms with Gasteiger partial charge >= 0.3 is 0 Å². The Balaban J connectivity index is 1.88. The highest BCUT2D eigenvalue weighted by Crippen LogP contribution is 2.27. The third-order valence-corrected chi connectivity index (χ3v) is 2.98. The van der Waals surface area contributed by atoms with Crippen molar-refractivity contribution in [3.05, 3.63) is 49.1 Å². The van der Waals surface area contributed by atoms with Gasteiger partial charge < -0.3 is 0 Å². The van der Waals surface area contributed by atoms with E-state index < -0.39 is 0 Å². The second kappa shape index (κ2) is 4.23. The van der Waals surface area contributed by atoms with Gasteiger partial charge in [0.25, 0.3) is 0 Å². The molecule has 0 saturated heterocycles. The van der Waals surface area contributed by atoms with Gasteiger partial charge in [-0.1, -0.05) is 6.07 Å². The van der Waals surface area contributed by atoms with Gasteiger partial charge in [0, 0.05) is 11.8 Å². The Bertz CT molecular complexity index is 862. The van der Waals surface area contributed by atoms with Crippen LogP contribution in [-0.2, 0) is 0 Å². The Morgan fingerprint density at radius 1 is 1.00 bits per heavy atom. The minimum atomic E-state index is 0.705. The van der Waals surface area contributed by atoms with E-state index in [1.807, 2.05) is 30.3 Å². The normalized spacial score (nSPS) is 11.0. The van der Waals surface area contributed by atoms with E-state index in [4.69, 9.17) is 0 Å². The van der Waals surface area contributed by atoms with Gasteiger partial charge in [-0.2, -0.15) is 5.10 Å². The Hall–Kier alpha value is -3.09. The van der Waals surface area contributed by atoms with Crippen LogP contribution in [0.25, 0.3) is 28.3 Å². The first-order chi connectivity index (χ1) is 9.92. The van der Waals surface area contributed by atoms with E-state index in [0.717, 1.165) is 22.6 Å². The SMILES string of the molecule is c1ccc(-c2[nH]ncc2-c2ccc3ncnn3n2)nc1. The number of H-pyrrole nitrogens is 1. The van der Waals surface area contributed by atoms with Crippen LogP contribution >= 0.6 is 0 Å². The molecule has 4 heterocycles. The summed E-state index contributed by atoms with van der Waals surface area (Å²) in [6.45, 7) is 0. The maximum Gasteiger partial charge on any atom is 0.176 e. The topological polar surface area (TPSA) is 84.7 Å². The first kappa shape index (κ1) is 10.8. The Labute approximate surface area is 113 Å². The summed E-state index contributed by atoms with van der Waals surface area (Å²) < 4.78 is 1.49. The van der Waals surface area contributed by atoms with Crippen LogP contribution in [0.3, 0.4) is 0 Å². The first-order valence-corrected chi connectivity index (χ1v) is 6.04. The van der Waals surface area contributed by atoms with Gasteiger partial charge in [0.15, 0.2) is 5.65 Å². The van der Waals surface area contributed by atoms with E-state index in [9.17, 15) is 0 Å². The van der Waals surface area contributed by atoms with Crippen molar-refractivity contribution in [3.63, 3.8) is 0 Å². The number of nitrogens with zero attached hydrogens (tertiary/aromatic N) is 6. The molecule has 0 spiro atoms. The number of hydrogen-bond donors (Lipinski definition) is 1. The van der Waals surface area contributed by atoms with Crippen LogP contribution in [-0.4, -0.2) is 35.0 Å². The van der Waals surface area contributed by atoms with Crippen LogP contribution in [0.1, 0.15) is 0 Å². The van der Waals surface area contributed by atoms with Gasteiger partial charge in [0.1, 0.15) is 6.33 Å². The molecule has 4 rings (SSSR count). The van der Waals surface area contributed by atoms with Crippen LogP contribution in [0.2, 0.25) is 0 Å². The number of rotatable bonds is 2. The molecule has 0 aromatic carbocycles. The summed E-state index contributed by atoms with van der Waals surface area (Å²) in [6.07, 6.45) is 4.95. The lowest BCUT2D eigenvalue weighted by Crippen LogP contribution is -1.96. The van der Waals surface area contributed by atoms with E-state index in [-0.39, 0.29) is 0 Å². The molecule has 4 aromatic heterocycles. The van der Waals surface area contributed by atoms with Gasteiger partial charge in [0.05, 0.1) is 23.3 Å². The van der Waals surface area contributed by atoms with Gasteiger partial charge in [-0.15, -0.1) is 14.8 Å². The smallest absolute Gasteiger partial charge is 0.176 e. The zero-order valence-electron chi connectivity index (χ0n) is 10.3. The number of aromatic nitrogens is 7. The number of pyridine rings is 1. The number of aromatic amines is 1. The first-order valence-electron chi connectivity index (χ1n) is 6.04. The monoisotopic (exact) mass is 263 g/mol. The molecule has 4 aromatic rings. The molecule has 96 valence electrons. The summed E-state index contributed by atoms with van der Waals surface area (Å²) in [5.41, 5.74) is 3.99. The summed E-state index contributed by atoms with van der Waals surface area (Å²) in [6, 6.07) is 9.48. The van der Waals surface area contributed by atoms with Gasteiger partial charge in [-0.05, 0) is 24.3 Å². The Morgan fingerprint density at radius 3 is 2.90 bits per heavy atom. The van der Waals surface area contributed by atoms with E-state index >= 15 is 0 Å². The summed E-state index contributed by atoms with van der Waals surface area (Å²) in [5.74, 6) is 0. The summed E-state index contributed by atoms with van der Waals surface area (Å²) in [4.78, 5) is 8.40. The maximum absolute atomic E-state index is 4.42. The molecular weight excluding hydrogens is 254 g/mol. The summed E-state index contributed by atoms with van der Waals surface area (Å²) >= 11 is 0. The van der Waals surface area contributed by atoms with E-state index in [1.54, 1.807) is 12.4 Å². The Morgan fingerprint density at radius 2 is 2.00 bits per heavy atom. The standard InChI is InChI=1S/C13H9N7/c1-2-6-14-11(3-1)13-9(7-16-18-13)10-4-5-12-15-8-17-20(12)19-10/h1-8H,(H,16,18). The van der Waals surface area contributed by atoms with Crippen molar-refractivity contribution in [1.82, 2.24) is 35.0 Å². The fourth-order valence-corrected chi connectivity index (χ4v) is 2.05. The second-order valence-corrected chi connectivity index (χ2v) is 4.20. The van der Waals surface area contributed by atoms with Gasteiger partial charge in [-0.25, -0.2) is 4.98 Å². The molecule has 0 fully saturated rings. The van der Waals surface area contributed by atoms with Crippen molar-refractivity contribution in [2.45, 2.75) is 0 Å². The molecule has 20 heavy (non-hydrogen) atoms. The summed E-state index contributed by atoms with van der Waals surface area (Å²) in [5, 5.41) is 15.5. The van der Waals surface area contributed by atoms with Crippen molar-refractivity contribution >= 4 is 5.65 Å². The third kappa shape index (κ3) is 1.64. The fourth-order valence-electron chi connectivity index (χ4n) is 2.05. The zero-order chi connectivity index (χ0) is 13.4. The highest BCUT2D eigenvalue weighted by molar-refractivity contribution is 5.76. The largest absolute Gasteiger partial charge is 0.276 e. The van der Waals surface area contributed by atoms with Gasteiger partial charge in [0.2, 0.25) is 0 Å². The maximum atomic E-state index is 4.42. The second-order valence-electron chi connectivity index (χ2n) is 4.20. The van der Waals surface area contributed by atoms with Crippen molar-refractivity contribution in [2.75, 3.05) is 0 Å². The highest BCUT2D eigenvalue weighted by Gasteiger charge is 2.12. The number of nitrogens with one attached hydrogen (secondary N) is 1. The Kier molecular flexibility index (Phi) is 2.28. The molecule has 0 bridgehead atoms.